The zero-order valence-corrected chi connectivity index (χ0v) is 22.6. The fourth-order valence-corrected chi connectivity index (χ4v) is 8.17. The second-order valence-electron chi connectivity index (χ2n) is 12.7. The number of phenolic OH excluding ortho intramolecular Hbond substituents is 1. The Morgan fingerprint density at radius 3 is 2.59 bits per heavy atom. The average Bonchev–Trinajstić information content (AvgIpc) is 3.75. The van der Waals surface area contributed by atoms with E-state index >= 15 is 0 Å². The molecule has 2 saturated carbocycles. The maximum Gasteiger partial charge on any atom is 0.223 e. The van der Waals surface area contributed by atoms with Crippen LogP contribution in [0.25, 0.3) is 0 Å². The van der Waals surface area contributed by atoms with Crippen LogP contribution in [0.4, 0.5) is 5.69 Å². The second kappa shape index (κ2) is 9.34. The lowest BCUT2D eigenvalue weighted by Gasteiger charge is -2.62. The van der Waals surface area contributed by atoms with E-state index in [0.29, 0.717) is 38.3 Å². The number of amides is 1. The first kappa shape index (κ1) is 25.1. The van der Waals surface area contributed by atoms with Gasteiger partial charge in [0.05, 0.1) is 5.60 Å². The molecule has 2 aromatic rings. The molecule has 3 N–H and O–H groups in total. The summed E-state index contributed by atoms with van der Waals surface area (Å²) in [6.45, 7) is 3.57. The minimum atomic E-state index is -1.12. The van der Waals surface area contributed by atoms with Crippen molar-refractivity contribution in [2.75, 3.05) is 37.6 Å². The number of ketones is 1. The molecular weight excluding hydrogens is 490 g/mol. The first-order valence-corrected chi connectivity index (χ1v) is 14.8. The third-order valence-electron chi connectivity index (χ3n) is 10.5. The number of hydrogen-bond donors (Lipinski definition) is 3. The Labute approximate surface area is 230 Å². The molecule has 1 amide bonds. The van der Waals surface area contributed by atoms with Gasteiger partial charge >= 0.3 is 0 Å². The van der Waals surface area contributed by atoms with Crippen LogP contribution in [0, 0.1) is 11.8 Å². The number of piperidine rings is 1. The van der Waals surface area contributed by atoms with Gasteiger partial charge in [0.1, 0.15) is 11.5 Å². The van der Waals surface area contributed by atoms with Crippen molar-refractivity contribution < 1.29 is 19.8 Å². The fraction of sp³-hybridized carbons (Fsp3) is 0.562. The molecule has 0 radical (unpaired) electrons. The maximum atomic E-state index is 13.7. The number of carbonyl (C=O) groups is 2. The minimum Gasteiger partial charge on any atom is -0.508 e. The summed E-state index contributed by atoms with van der Waals surface area (Å²) in [6, 6.07) is 13.8. The standard InChI is InChI=1S/C32H39N3O4/c36-25-15-22(14-21-6-7-21)26-18-29-32(39)19-23(28(37)20-31(32,8-9-33-29)27(26)17-25)16-30(38)35-12-10-34(11-13-35)24-4-2-1-3-5-24/h1-5,15,17,21,23,29,33,36,39H,6-14,16,18-20H2. The average molecular weight is 530 g/mol. The van der Waals surface area contributed by atoms with Crippen LogP contribution in [0.15, 0.2) is 42.5 Å². The molecule has 4 atom stereocenters. The Kier molecular flexibility index (Phi) is 6.01. The molecule has 0 spiro atoms. The van der Waals surface area contributed by atoms with Gasteiger partial charge in [-0.25, -0.2) is 0 Å². The molecule has 39 heavy (non-hydrogen) atoms. The van der Waals surface area contributed by atoms with Gasteiger partial charge in [-0.2, -0.15) is 0 Å². The molecule has 2 bridgehead atoms. The van der Waals surface area contributed by atoms with Crippen LogP contribution in [0.1, 0.15) is 55.2 Å². The normalized spacial score (nSPS) is 32.0. The van der Waals surface area contributed by atoms with Crippen LogP contribution < -0.4 is 10.2 Å². The van der Waals surface area contributed by atoms with Gasteiger partial charge in [0.15, 0.2) is 0 Å². The van der Waals surface area contributed by atoms with Crippen molar-refractivity contribution in [1.82, 2.24) is 10.2 Å². The molecule has 7 heteroatoms. The number of nitrogens with one attached hydrogen (secondary N) is 1. The first-order valence-electron chi connectivity index (χ1n) is 14.8. The van der Waals surface area contributed by atoms with Crippen molar-refractivity contribution in [3.8, 4) is 5.75 Å². The lowest BCUT2D eigenvalue weighted by atomic mass is 9.47. The molecule has 2 heterocycles. The molecule has 4 unspecified atom stereocenters. The number of phenols is 1. The Morgan fingerprint density at radius 1 is 1.08 bits per heavy atom. The number of piperazine rings is 1. The number of Topliss-reactive ketones (excluding diaryl/α,β-unsaturated/α-hetero) is 1. The molecule has 7 rings (SSSR count). The molecular formula is C32H39N3O4. The second-order valence-corrected chi connectivity index (χ2v) is 12.7. The van der Waals surface area contributed by atoms with Crippen molar-refractivity contribution in [3.63, 3.8) is 0 Å². The number of nitrogens with zero attached hydrogens (tertiary/aromatic N) is 2. The highest BCUT2D eigenvalue weighted by Crippen LogP contribution is 2.58. The zero-order chi connectivity index (χ0) is 26.8. The number of rotatable bonds is 5. The van der Waals surface area contributed by atoms with E-state index in [4.69, 9.17) is 0 Å². The number of aromatic hydroxyl groups is 1. The van der Waals surface area contributed by atoms with Crippen molar-refractivity contribution in [2.24, 2.45) is 11.8 Å². The Morgan fingerprint density at radius 2 is 1.85 bits per heavy atom. The largest absolute Gasteiger partial charge is 0.508 e. The summed E-state index contributed by atoms with van der Waals surface area (Å²) in [5, 5.41) is 26.7. The maximum absolute atomic E-state index is 13.7. The molecule has 0 aromatic heterocycles. The monoisotopic (exact) mass is 529 g/mol. The third-order valence-corrected chi connectivity index (χ3v) is 10.5. The summed E-state index contributed by atoms with van der Waals surface area (Å²) >= 11 is 0. The first-order chi connectivity index (χ1) is 18.9. The van der Waals surface area contributed by atoms with Gasteiger partial charge in [0.2, 0.25) is 5.91 Å². The van der Waals surface area contributed by atoms with Crippen molar-refractivity contribution in [2.45, 2.75) is 68.4 Å². The molecule has 5 aliphatic rings. The molecule has 2 aromatic carbocycles. The van der Waals surface area contributed by atoms with Crippen LogP contribution in [-0.4, -0.2) is 71.2 Å². The third kappa shape index (κ3) is 4.16. The van der Waals surface area contributed by atoms with E-state index < -0.39 is 16.9 Å². The molecule has 206 valence electrons. The predicted molar refractivity (Wildman–Crippen MR) is 149 cm³/mol. The van der Waals surface area contributed by atoms with Crippen molar-refractivity contribution in [1.29, 1.82) is 0 Å². The summed E-state index contributed by atoms with van der Waals surface area (Å²) in [4.78, 5) is 31.3. The van der Waals surface area contributed by atoms with Crippen LogP contribution in [0.2, 0.25) is 0 Å². The summed E-state index contributed by atoms with van der Waals surface area (Å²) in [7, 11) is 0. The van der Waals surface area contributed by atoms with Crippen molar-refractivity contribution in [3.05, 3.63) is 59.2 Å². The molecule has 3 aliphatic carbocycles. The predicted octanol–water partition coefficient (Wildman–Crippen LogP) is 2.95. The van der Waals surface area contributed by atoms with Crippen molar-refractivity contribution >= 4 is 17.4 Å². The summed E-state index contributed by atoms with van der Waals surface area (Å²) in [5.74, 6) is 0.531. The molecule has 2 aliphatic heterocycles. The smallest absolute Gasteiger partial charge is 0.223 e. The highest BCUT2D eigenvalue weighted by Gasteiger charge is 2.65. The zero-order valence-electron chi connectivity index (χ0n) is 22.6. The molecule has 2 saturated heterocycles. The van der Waals surface area contributed by atoms with Gasteiger partial charge in [-0.05, 0) is 91.9 Å². The van der Waals surface area contributed by atoms with E-state index in [1.165, 1.54) is 29.7 Å². The number of anilines is 1. The van der Waals surface area contributed by atoms with E-state index in [-0.39, 0.29) is 36.3 Å². The van der Waals surface area contributed by atoms with Gasteiger partial charge in [-0.15, -0.1) is 0 Å². The lowest BCUT2D eigenvalue weighted by molar-refractivity contribution is -0.162. The van der Waals surface area contributed by atoms with Crippen LogP contribution in [-0.2, 0) is 27.8 Å². The summed E-state index contributed by atoms with van der Waals surface area (Å²) < 4.78 is 0. The quantitative estimate of drug-likeness (QED) is 0.552. The summed E-state index contributed by atoms with van der Waals surface area (Å²) in [5.41, 5.74) is 2.73. The Balaban J connectivity index is 1.10. The van der Waals surface area contributed by atoms with Gasteiger partial charge in [0, 0.05) is 62.1 Å². The minimum absolute atomic E-state index is 0.0132. The summed E-state index contributed by atoms with van der Waals surface area (Å²) in [6.07, 6.45) is 5.48. The van der Waals surface area contributed by atoms with E-state index in [1.54, 1.807) is 0 Å². The van der Waals surface area contributed by atoms with E-state index in [2.05, 4.69) is 22.3 Å². The fourth-order valence-electron chi connectivity index (χ4n) is 8.17. The van der Waals surface area contributed by atoms with E-state index in [1.807, 2.05) is 35.2 Å². The number of para-hydroxylation sites is 1. The van der Waals surface area contributed by atoms with Crippen LogP contribution in [0.3, 0.4) is 0 Å². The van der Waals surface area contributed by atoms with Gasteiger partial charge in [-0.3, -0.25) is 9.59 Å². The van der Waals surface area contributed by atoms with Gasteiger partial charge in [0.25, 0.3) is 0 Å². The van der Waals surface area contributed by atoms with Gasteiger partial charge in [-0.1, -0.05) is 18.2 Å². The van der Waals surface area contributed by atoms with E-state index in [9.17, 15) is 19.8 Å². The highest BCUT2D eigenvalue weighted by molar-refractivity contribution is 5.90. The SMILES string of the molecule is O=C1CC23CCNC(Cc4c(CC5CC5)cc(O)cc42)C3(O)CC1CC(=O)N1CCN(c2ccccc2)CC1. The topological polar surface area (TPSA) is 93.1 Å². The number of aliphatic hydroxyl groups is 1. The van der Waals surface area contributed by atoms with Crippen LogP contribution >= 0.6 is 0 Å². The molecule has 4 fully saturated rings. The van der Waals surface area contributed by atoms with E-state index in [0.717, 1.165) is 31.6 Å². The number of hydrogen-bond acceptors (Lipinski definition) is 6. The van der Waals surface area contributed by atoms with Gasteiger partial charge < -0.3 is 25.3 Å². The Bertz CT molecular complexity index is 1290. The highest BCUT2D eigenvalue weighted by atomic mass is 16.3. The number of fused-ring (bicyclic) bond motifs is 1. The number of benzene rings is 2. The van der Waals surface area contributed by atoms with Crippen LogP contribution in [0.5, 0.6) is 5.75 Å². The number of carbonyl (C=O) groups excluding carboxylic acids is 2. The lowest BCUT2D eigenvalue weighted by Crippen LogP contribution is -2.73. The molecule has 7 nitrogen and oxygen atoms in total. The Hall–Kier alpha value is -2.90.